The highest BCUT2D eigenvalue weighted by atomic mass is 31.2. The molecule has 124 valence electrons. The molecule has 2 rings (SSSR count). The Morgan fingerprint density at radius 2 is 1.13 bits per heavy atom. The van der Waals surface area contributed by atoms with Crippen molar-refractivity contribution >= 4 is 17.8 Å². The first-order valence-electron chi connectivity index (χ1n) is 8.94. The third-order valence-electron chi connectivity index (χ3n) is 4.58. The molecule has 0 fully saturated rings. The molecular weight excluding hydrogens is 299 g/mol. The molecule has 0 N–H and O–H groups in total. The van der Waals surface area contributed by atoms with Crippen LogP contribution >= 0.6 is 7.14 Å². The van der Waals surface area contributed by atoms with Crippen LogP contribution < -0.4 is 10.6 Å². The molecule has 1 nitrogen and oxygen atoms in total. The van der Waals surface area contributed by atoms with Crippen molar-refractivity contribution in [2.24, 2.45) is 0 Å². The molecule has 0 unspecified atom stereocenters. The van der Waals surface area contributed by atoms with Gasteiger partial charge in [-0.3, -0.25) is 0 Å². The summed E-state index contributed by atoms with van der Waals surface area (Å²) in [5.41, 5.74) is 0.257. The van der Waals surface area contributed by atoms with Gasteiger partial charge in [-0.2, -0.15) is 0 Å². The number of unbranched alkanes of at least 4 members (excludes halogenated alkanes) is 2. The maximum absolute atomic E-state index is 14.3. The van der Waals surface area contributed by atoms with E-state index < -0.39 is 7.14 Å². The molecule has 0 atom stereocenters. The maximum Gasteiger partial charge on any atom is 0.146 e. The standard InChI is InChI=1S/C21H29OP/c1-3-5-13-19(14-6-4-2)23(22,20-15-9-7-10-16-20)21-17-11-8-12-18-21/h7-12,15-19H,3-6,13-14H2,1-2H3. The van der Waals surface area contributed by atoms with Gasteiger partial charge in [0.2, 0.25) is 0 Å². The molecule has 0 aliphatic rings. The van der Waals surface area contributed by atoms with Crippen LogP contribution in [0.5, 0.6) is 0 Å². The minimum atomic E-state index is -2.59. The highest BCUT2D eigenvalue weighted by molar-refractivity contribution is 7.79. The van der Waals surface area contributed by atoms with E-state index in [9.17, 15) is 4.57 Å². The Kier molecular flexibility index (Phi) is 7.12. The van der Waals surface area contributed by atoms with Gasteiger partial charge in [-0.15, -0.1) is 0 Å². The zero-order chi connectivity index (χ0) is 16.5. The summed E-state index contributed by atoms with van der Waals surface area (Å²) in [6.07, 6.45) is 6.73. The van der Waals surface area contributed by atoms with Crippen molar-refractivity contribution in [3.63, 3.8) is 0 Å². The predicted molar refractivity (Wildman–Crippen MR) is 103 cm³/mol. The lowest BCUT2D eigenvalue weighted by Crippen LogP contribution is -2.26. The fourth-order valence-corrected chi connectivity index (χ4v) is 6.72. The van der Waals surface area contributed by atoms with E-state index in [2.05, 4.69) is 38.1 Å². The fourth-order valence-electron chi connectivity index (χ4n) is 3.26. The largest absolute Gasteiger partial charge is 0.313 e. The number of hydrogen-bond acceptors (Lipinski definition) is 1. The second-order valence-electron chi connectivity index (χ2n) is 6.27. The summed E-state index contributed by atoms with van der Waals surface area (Å²) in [4.78, 5) is 0. The Bertz CT molecular complexity index is 555. The number of hydrogen-bond donors (Lipinski definition) is 0. The predicted octanol–water partition coefficient (Wildman–Crippen LogP) is 5.75. The van der Waals surface area contributed by atoms with Crippen molar-refractivity contribution in [1.29, 1.82) is 0 Å². The van der Waals surface area contributed by atoms with Gasteiger partial charge in [0.05, 0.1) is 0 Å². The summed E-state index contributed by atoms with van der Waals surface area (Å²) in [7, 11) is -2.59. The summed E-state index contributed by atoms with van der Waals surface area (Å²) in [6.45, 7) is 4.43. The summed E-state index contributed by atoms with van der Waals surface area (Å²) < 4.78 is 14.3. The van der Waals surface area contributed by atoms with Gasteiger partial charge in [0.15, 0.2) is 0 Å². The minimum Gasteiger partial charge on any atom is -0.313 e. The summed E-state index contributed by atoms with van der Waals surface area (Å²) in [5.74, 6) is 0. The number of rotatable bonds is 9. The van der Waals surface area contributed by atoms with Crippen molar-refractivity contribution in [3.8, 4) is 0 Å². The zero-order valence-corrected chi connectivity index (χ0v) is 15.3. The maximum atomic E-state index is 14.3. The Hall–Kier alpha value is -1.33. The van der Waals surface area contributed by atoms with Crippen LogP contribution in [0.2, 0.25) is 0 Å². The van der Waals surface area contributed by atoms with Crippen LogP contribution in [0.1, 0.15) is 52.4 Å². The SMILES string of the molecule is CCCCC(CCCC)P(=O)(c1ccccc1)c1ccccc1. The van der Waals surface area contributed by atoms with Gasteiger partial charge in [-0.25, -0.2) is 0 Å². The molecule has 0 saturated carbocycles. The quantitative estimate of drug-likeness (QED) is 0.536. The van der Waals surface area contributed by atoms with Crippen LogP contribution in [-0.2, 0) is 4.57 Å². The summed E-state index contributed by atoms with van der Waals surface area (Å²) >= 11 is 0. The molecule has 2 heteroatoms. The monoisotopic (exact) mass is 328 g/mol. The van der Waals surface area contributed by atoms with E-state index in [4.69, 9.17) is 0 Å². The van der Waals surface area contributed by atoms with Crippen molar-refractivity contribution < 1.29 is 4.57 Å². The smallest absolute Gasteiger partial charge is 0.146 e. The van der Waals surface area contributed by atoms with Crippen molar-refractivity contribution in [2.45, 2.75) is 58.0 Å². The molecule has 0 aliphatic heterocycles. The first-order chi connectivity index (χ1) is 11.2. The van der Waals surface area contributed by atoms with E-state index in [0.29, 0.717) is 0 Å². The third kappa shape index (κ3) is 4.36. The topological polar surface area (TPSA) is 17.1 Å². The van der Waals surface area contributed by atoms with Crippen molar-refractivity contribution in [1.82, 2.24) is 0 Å². The minimum absolute atomic E-state index is 0.257. The fraction of sp³-hybridized carbons (Fsp3) is 0.429. The van der Waals surface area contributed by atoms with Crippen LogP contribution in [0.4, 0.5) is 0 Å². The number of benzene rings is 2. The highest BCUT2D eigenvalue weighted by Crippen LogP contribution is 2.52. The van der Waals surface area contributed by atoms with E-state index in [1.807, 2.05) is 36.4 Å². The van der Waals surface area contributed by atoms with Crippen LogP contribution in [0.3, 0.4) is 0 Å². The Balaban J connectivity index is 2.48. The van der Waals surface area contributed by atoms with Crippen molar-refractivity contribution in [2.75, 3.05) is 0 Å². The zero-order valence-electron chi connectivity index (χ0n) is 14.4. The molecule has 0 heterocycles. The van der Waals surface area contributed by atoms with Gasteiger partial charge in [0.25, 0.3) is 0 Å². The Labute approximate surface area is 141 Å². The molecule has 0 aromatic heterocycles. The van der Waals surface area contributed by atoms with E-state index in [-0.39, 0.29) is 5.66 Å². The lowest BCUT2D eigenvalue weighted by molar-refractivity contribution is 0.547. The van der Waals surface area contributed by atoms with Gasteiger partial charge in [0.1, 0.15) is 7.14 Å². The van der Waals surface area contributed by atoms with Gasteiger partial charge in [-0.1, -0.05) is 100 Å². The Morgan fingerprint density at radius 1 is 0.739 bits per heavy atom. The molecule has 0 spiro atoms. The summed E-state index contributed by atoms with van der Waals surface area (Å²) in [6, 6.07) is 20.3. The lowest BCUT2D eigenvalue weighted by atomic mass is 10.1. The lowest BCUT2D eigenvalue weighted by Gasteiger charge is -2.29. The van der Waals surface area contributed by atoms with E-state index >= 15 is 0 Å². The van der Waals surface area contributed by atoms with Gasteiger partial charge < -0.3 is 4.57 Å². The molecular formula is C21H29OP. The van der Waals surface area contributed by atoms with Crippen LogP contribution in [-0.4, -0.2) is 5.66 Å². The molecule has 2 aromatic carbocycles. The van der Waals surface area contributed by atoms with E-state index in [1.165, 1.54) is 0 Å². The van der Waals surface area contributed by atoms with Gasteiger partial charge in [0, 0.05) is 16.3 Å². The molecule has 23 heavy (non-hydrogen) atoms. The second-order valence-corrected chi connectivity index (χ2v) is 9.35. The van der Waals surface area contributed by atoms with Crippen molar-refractivity contribution in [3.05, 3.63) is 60.7 Å². The first kappa shape index (κ1) is 18.0. The second kappa shape index (κ2) is 9.08. The molecule has 0 radical (unpaired) electrons. The van der Waals surface area contributed by atoms with E-state index in [0.717, 1.165) is 49.1 Å². The average molecular weight is 328 g/mol. The van der Waals surface area contributed by atoms with Crippen LogP contribution in [0.15, 0.2) is 60.7 Å². The summed E-state index contributed by atoms with van der Waals surface area (Å²) in [5, 5.41) is 2.03. The highest BCUT2D eigenvalue weighted by Gasteiger charge is 2.35. The Morgan fingerprint density at radius 3 is 1.48 bits per heavy atom. The molecule has 0 aliphatic carbocycles. The molecule has 0 amide bonds. The normalized spacial score (nSPS) is 11.8. The average Bonchev–Trinajstić information content (AvgIpc) is 2.62. The molecule has 0 saturated heterocycles. The van der Waals surface area contributed by atoms with E-state index in [1.54, 1.807) is 0 Å². The van der Waals surface area contributed by atoms with Gasteiger partial charge >= 0.3 is 0 Å². The van der Waals surface area contributed by atoms with Crippen LogP contribution in [0, 0.1) is 0 Å². The van der Waals surface area contributed by atoms with Gasteiger partial charge in [-0.05, 0) is 12.8 Å². The molecule has 0 bridgehead atoms. The first-order valence-corrected chi connectivity index (χ1v) is 10.7. The third-order valence-corrected chi connectivity index (χ3v) is 8.25. The molecule has 2 aromatic rings. The van der Waals surface area contributed by atoms with Crippen LogP contribution in [0.25, 0.3) is 0 Å².